The minimum absolute atomic E-state index is 0.694. The van der Waals surface area contributed by atoms with Crippen molar-refractivity contribution in [3.05, 3.63) is 23.9 Å². The van der Waals surface area contributed by atoms with E-state index in [0.717, 1.165) is 12.2 Å². The number of nitrogens with one attached hydrogen (secondary N) is 1. The Balaban J connectivity index is 1.66. The largest absolute Gasteiger partial charge is 0.357 e. The van der Waals surface area contributed by atoms with Crippen molar-refractivity contribution in [2.45, 2.75) is 45.1 Å². The van der Waals surface area contributed by atoms with E-state index in [2.05, 4.69) is 28.4 Å². The van der Waals surface area contributed by atoms with E-state index in [4.69, 9.17) is 4.98 Å². The summed E-state index contributed by atoms with van der Waals surface area (Å²) in [5, 5.41) is 3.17. The van der Waals surface area contributed by atoms with E-state index >= 15 is 0 Å². The highest BCUT2D eigenvalue weighted by atomic mass is 15.2. The molecule has 2 aliphatic rings. The van der Waals surface area contributed by atoms with E-state index in [1.165, 1.54) is 57.4 Å². The van der Waals surface area contributed by atoms with Crippen LogP contribution in [0.3, 0.4) is 0 Å². The first kappa shape index (κ1) is 12.9. The zero-order valence-corrected chi connectivity index (χ0v) is 12.0. The van der Waals surface area contributed by atoms with E-state index in [1.807, 2.05) is 7.05 Å². The number of aromatic nitrogens is 1. The van der Waals surface area contributed by atoms with Gasteiger partial charge < -0.3 is 10.2 Å². The smallest absolute Gasteiger partial charge is 0.128 e. The lowest BCUT2D eigenvalue weighted by Gasteiger charge is -2.40. The highest BCUT2D eigenvalue weighted by Gasteiger charge is 2.37. The first-order valence-electron chi connectivity index (χ1n) is 7.67. The van der Waals surface area contributed by atoms with Gasteiger partial charge in [-0.3, -0.25) is 0 Å². The standard InChI is InChI=1S/C16H25N3/c1-17-13-14-5-4-6-15(18-14)19-11-9-16(10-12-19)7-2-3-8-16/h4-6,17H,2-3,7-13H2,1H3. The fourth-order valence-corrected chi connectivity index (χ4v) is 3.76. The van der Waals surface area contributed by atoms with Crippen molar-refractivity contribution in [1.29, 1.82) is 0 Å². The predicted octanol–water partition coefficient (Wildman–Crippen LogP) is 2.96. The molecule has 0 atom stereocenters. The van der Waals surface area contributed by atoms with Gasteiger partial charge in [-0.15, -0.1) is 0 Å². The Bertz CT molecular complexity index is 414. The molecule has 0 bridgehead atoms. The Labute approximate surface area is 116 Å². The van der Waals surface area contributed by atoms with E-state index < -0.39 is 0 Å². The number of pyridine rings is 1. The topological polar surface area (TPSA) is 28.2 Å². The molecule has 3 nitrogen and oxygen atoms in total. The summed E-state index contributed by atoms with van der Waals surface area (Å²) in [6.07, 6.45) is 8.57. The molecule has 0 amide bonds. The van der Waals surface area contributed by atoms with Crippen molar-refractivity contribution < 1.29 is 0 Å². The number of anilines is 1. The third-order valence-electron chi connectivity index (χ3n) is 4.96. The van der Waals surface area contributed by atoms with Crippen molar-refractivity contribution in [3.8, 4) is 0 Å². The molecule has 1 saturated heterocycles. The molecule has 1 aromatic heterocycles. The maximum absolute atomic E-state index is 4.76. The molecule has 0 aromatic carbocycles. The average Bonchev–Trinajstić information content (AvgIpc) is 2.89. The molecule has 0 unspecified atom stereocenters. The Morgan fingerprint density at radius 2 is 1.89 bits per heavy atom. The quantitative estimate of drug-likeness (QED) is 0.904. The maximum Gasteiger partial charge on any atom is 0.128 e. The molecule has 1 N–H and O–H groups in total. The normalized spacial score (nSPS) is 22.1. The van der Waals surface area contributed by atoms with E-state index in [1.54, 1.807) is 0 Å². The fraction of sp³-hybridized carbons (Fsp3) is 0.688. The van der Waals surface area contributed by atoms with Crippen molar-refractivity contribution in [2.24, 2.45) is 5.41 Å². The Kier molecular flexibility index (Phi) is 3.74. The molecule has 2 fully saturated rings. The van der Waals surface area contributed by atoms with Crippen LogP contribution in [-0.4, -0.2) is 25.1 Å². The van der Waals surface area contributed by atoms with Gasteiger partial charge in [0.2, 0.25) is 0 Å². The summed E-state index contributed by atoms with van der Waals surface area (Å²) < 4.78 is 0. The van der Waals surface area contributed by atoms with Gasteiger partial charge in [0.15, 0.2) is 0 Å². The van der Waals surface area contributed by atoms with Crippen LogP contribution in [0.5, 0.6) is 0 Å². The molecule has 3 rings (SSSR count). The van der Waals surface area contributed by atoms with Crippen LogP contribution in [0.2, 0.25) is 0 Å². The minimum Gasteiger partial charge on any atom is -0.357 e. The predicted molar refractivity (Wildman–Crippen MR) is 79.3 cm³/mol. The van der Waals surface area contributed by atoms with Gasteiger partial charge in [-0.1, -0.05) is 18.9 Å². The van der Waals surface area contributed by atoms with Crippen LogP contribution in [0, 0.1) is 5.41 Å². The first-order chi connectivity index (χ1) is 9.31. The van der Waals surface area contributed by atoms with Gasteiger partial charge in [0, 0.05) is 19.6 Å². The van der Waals surface area contributed by atoms with Crippen LogP contribution in [0.25, 0.3) is 0 Å². The summed E-state index contributed by atoms with van der Waals surface area (Å²) in [5.41, 5.74) is 1.83. The third-order valence-corrected chi connectivity index (χ3v) is 4.96. The second-order valence-corrected chi connectivity index (χ2v) is 6.21. The van der Waals surface area contributed by atoms with Gasteiger partial charge >= 0.3 is 0 Å². The first-order valence-corrected chi connectivity index (χ1v) is 7.67. The summed E-state index contributed by atoms with van der Waals surface area (Å²) in [4.78, 5) is 7.24. The van der Waals surface area contributed by atoms with Crippen molar-refractivity contribution >= 4 is 5.82 Å². The Hall–Kier alpha value is -1.09. The zero-order valence-electron chi connectivity index (χ0n) is 12.0. The minimum atomic E-state index is 0.694. The molecule has 104 valence electrons. The van der Waals surface area contributed by atoms with Gasteiger partial charge in [0.1, 0.15) is 5.82 Å². The fourth-order valence-electron chi connectivity index (χ4n) is 3.76. The lowest BCUT2D eigenvalue weighted by Crippen LogP contribution is -2.39. The number of nitrogens with zero attached hydrogens (tertiary/aromatic N) is 2. The summed E-state index contributed by atoms with van der Waals surface area (Å²) in [6.45, 7) is 3.23. The van der Waals surface area contributed by atoms with Crippen molar-refractivity contribution in [1.82, 2.24) is 10.3 Å². The second-order valence-electron chi connectivity index (χ2n) is 6.21. The monoisotopic (exact) mass is 259 g/mol. The van der Waals surface area contributed by atoms with E-state index in [-0.39, 0.29) is 0 Å². The lowest BCUT2D eigenvalue weighted by atomic mass is 9.77. The Morgan fingerprint density at radius 1 is 1.16 bits per heavy atom. The maximum atomic E-state index is 4.76. The summed E-state index contributed by atoms with van der Waals surface area (Å²) in [6, 6.07) is 6.39. The molecule has 19 heavy (non-hydrogen) atoms. The highest BCUT2D eigenvalue weighted by Crippen LogP contribution is 2.46. The second kappa shape index (κ2) is 5.49. The molecule has 1 saturated carbocycles. The van der Waals surface area contributed by atoms with Gasteiger partial charge in [-0.05, 0) is 50.3 Å². The average molecular weight is 259 g/mol. The van der Waals surface area contributed by atoms with Crippen molar-refractivity contribution in [3.63, 3.8) is 0 Å². The summed E-state index contributed by atoms with van der Waals surface area (Å²) in [7, 11) is 1.97. The molecule has 3 heteroatoms. The molecule has 1 aliphatic heterocycles. The lowest BCUT2D eigenvalue weighted by molar-refractivity contribution is 0.226. The van der Waals surface area contributed by atoms with Crippen LogP contribution in [-0.2, 0) is 6.54 Å². The molecular formula is C16H25N3. The number of piperidine rings is 1. The SMILES string of the molecule is CNCc1cccc(N2CCC3(CCCC3)CC2)n1. The Morgan fingerprint density at radius 3 is 2.58 bits per heavy atom. The molecule has 1 aromatic rings. The van der Waals surface area contributed by atoms with E-state index in [0.29, 0.717) is 5.41 Å². The van der Waals surface area contributed by atoms with Crippen LogP contribution in [0.1, 0.15) is 44.2 Å². The molecule has 0 radical (unpaired) electrons. The van der Waals surface area contributed by atoms with Gasteiger partial charge in [0.25, 0.3) is 0 Å². The molecule has 2 heterocycles. The van der Waals surface area contributed by atoms with Crippen molar-refractivity contribution in [2.75, 3.05) is 25.0 Å². The molecular weight excluding hydrogens is 234 g/mol. The molecule has 1 aliphatic carbocycles. The molecule has 1 spiro atoms. The number of hydrogen-bond acceptors (Lipinski definition) is 3. The van der Waals surface area contributed by atoms with Crippen LogP contribution in [0.15, 0.2) is 18.2 Å². The van der Waals surface area contributed by atoms with Gasteiger partial charge in [-0.25, -0.2) is 4.98 Å². The van der Waals surface area contributed by atoms with Crippen LogP contribution >= 0.6 is 0 Å². The number of hydrogen-bond donors (Lipinski definition) is 1. The van der Waals surface area contributed by atoms with Gasteiger partial charge in [0.05, 0.1) is 5.69 Å². The third kappa shape index (κ3) is 2.76. The van der Waals surface area contributed by atoms with Gasteiger partial charge in [-0.2, -0.15) is 0 Å². The van der Waals surface area contributed by atoms with Crippen LogP contribution in [0.4, 0.5) is 5.82 Å². The number of rotatable bonds is 3. The van der Waals surface area contributed by atoms with Crippen LogP contribution < -0.4 is 10.2 Å². The highest BCUT2D eigenvalue weighted by molar-refractivity contribution is 5.40. The van der Waals surface area contributed by atoms with E-state index in [9.17, 15) is 0 Å². The zero-order chi connectivity index (χ0) is 13.1. The summed E-state index contributed by atoms with van der Waals surface area (Å²) in [5.74, 6) is 1.17. The summed E-state index contributed by atoms with van der Waals surface area (Å²) >= 11 is 0.